The van der Waals surface area contributed by atoms with Crippen molar-refractivity contribution < 1.29 is 9.59 Å². The molecule has 2 aromatic rings. The van der Waals surface area contributed by atoms with Gasteiger partial charge in [0, 0.05) is 17.3 Å². The van der Waals surface area contributed by atoms with Crippen molar-refractivity contribution >= 4 is 17.5 Å². The molecule has 2 amide bonds. The van der Waals surface area contributed by atoms with Crippen LogP contribution >= 0.6 is 0 Å². The van der Waals surface area contributed by atoms with Crippen LogP contribution in [0.5, 0.6) is 0 Å². The van der Waals surface area contributed by atoms with Gasteiger partial charge in [0.2, 0.25) is 11.8 Å². The van der Waals surface area contributed by atoms with E-state index in [4.69, 9.17) is 5.73 Å². The Morgan fingerprint density at radius 1 is 1.09 bits per heavy atom. The standard InChI is InChI=1S/C18H21N3O2/c1-2-16(13-7-4-3-5-8-13)20-12-17(22)21-15-10-6-9-14(11-15)18(19)23/h3-11,16,20H,2,12H2,1H3,(H2,19,23)(H,21,22). The van der Waals surface area contributed by atoms with E-state index in [1.54, 1.807) is 24.3 Å². The van der Waals surface area contributed by atoms with Crippen molar-refractivity contribution in [3.05, 3.63) is 65.7 Å². The molecule has 1 unspecified atom stereocenters. The summed E-state index contributed by atoms with van der Waals surface area (Å²) in [5, 5.41) is 6.00. The molecule has 0 radical (unpaired) electrons. The number of hydrogen-bond donors (Lipinski definition) is 3. The first-order valence-corrected chi connectivity index (χ1v) is 7.58. The minimum atomic E-state index is -0.519. The van der Waals surface area contributed by atoms with Crippen molar-refractivity contribution in [1.82, 2.24) is 5.32 Å². The Hall–Kier alpha value is -2.66. The van der Waals surface area contributed by atoms with Crippen LogP contribution in [0.3, 0.4) is 0 Å². The predicted octanol–water partition coefficient (Wildman–Crippen LogP) is 2.46. The number of amides is 2. The van der Waals surface area contributed by atoms with E-state index >= 15 is 0 Å². The molecule has 0 spiro atoms. The number of carbonyl (C=O) groups excluding carboxylic acids is 2. The van der Waals surface area contributed by atoms with E-state index in [2.05, 4.69) is 17.6 Å². The van der Waals surface area contributed by atoms with Gasteiger partial charge in [-0.05, 0) is 30.2 Å². The third kappa shape index (κ3) is 4.93. The van der Waals surface area contributed by atoms with Crippen LogP contribution in [0, 0.1) is 0 Å². The van der Waals surface area contributed by atoms with Crippen molar-refractivity contribution in [2.24, 2.45) is 5.73 Å². The quantitative estimate of drug-likeness (QED) is 0.734. The van der Waals surface area contributed by atoms with Crippen molar-refractivity contribution in [2.75, 3.05) is 11.9 Å². The van der Waals surface area contributed by atoms with Gasteiger partial charge in [-0.2, -0.15) is 0 Å². The molecule has 0 bridgehead atoms. The van der Waals surface area contributed by atoms with Gasteiger partial charge in [-0.3, -0.25) is 9.59 Å². The van der Waals surface area contributed by atoms with E-state index in [0.717, 1.165) is 12.0 Å². The van der Waals surface area contributed by atoms with E-state index in [0.29, 0.717) is 11.3 Å². The normalized spacial score (nSPS) is 11.7. The van der Waals surface area contributed by atoms with Gasteiger partial charge in [0.05, 0.1) is 6.54 Å². The van der Waals surface area contributed by atoms with Gasteiger partial charge in [-0.15, -0.1) is 0 Å². The molecular weight excluding hydrogens is 290 g/mol. The summed E-state index contributed by atoms with van der Waals surface area (Å²) in [5.41, 5.74) is 7.31. The molecule has 2 rings (SSSR count). The second-order valence-electron chi connectivity index (χ2n) is 5.25. The molecule has 4 N–H and O–H groups in total. The molecule has 0 aliphatic heterocycles. The number of nitrogens with one attached hydrogen (secondary N) is 2. The van der Waals surface area contributed by atoms with Gasteiger partial charge < -0.3 is 16.4 Å². The zero-order chi connectivity index (χ0) is 16.7. The highest BCUT2D eigenvalue weighted by Gasteiger charge is 2.11. The molecule has 0 fully saturated rings. The van der Waals surface area contributed by atoms with Crippen LogP contribution in [0.15, 0.2) is 54.6 Å². The highest BCUT2D eigenvalue weighted by atomic mass is 16.2. The molecule has 5 heteroatoms. The molecule has 0 aliphatic rings. The molecule has 0 saturated heterocycles. The highest BCUT2D eigenvalue weighted by Crippen LogP contribution is 2.15. The highest BCUT2D eigenvalue weighted by molar-refractivity contribution is 5.96. The molecule has 120 valence electrons. The SMILES string of the molecule is CCC(NCC(=O)Nc1cccc(C(N)=O)c1)c1ccccc1. The van der Waals surface area contributed by atoms with Gasteiger partial charge in [-0.1, -0.05) is 43.3 Å². The maximum absolute atomic E-state index is 12.1. The lowest BCUT2D eigenvalue weighted by Gasteiger charge is -2.17. The summed E-state index contributed by atoms with van der Waals surface area (Å²) in [6, 6.07) is 16.7. The van der Waals surface area contributed by atoms with Crippen molar-refractivity contribution in [3.63, 3.8) is 0 Å². The second-order valence-corrected chi connectivity index (χ2v) is 5.25. The minimum absolute atomic E-state index is 0.124. The number of hydrogen-bond acceptors (Lipinski definition) is 3. The van der Waals surface area contributed by atoms with Gasteiger partial charge in [-0.25, -0.2) is 0 Å². The zero-order valence-electron chi connectivity index (χ0n) is 13.1. The lowest BCUT2D eigenvalue weighted by Crippen LogP contribution is -2.31. The van der Waals surface area contributed by atoms with E-state index in [9.17, 15) is 9.59 Å². The molecule has 0 aromatic heterocycles. The fraction of sp³-hybridized carbons (Fsp3) is 0.222. The van der Waals surface area contributed by atoms with E-state index in [1.807, 2.05) is 30.3 Å². The average molecular weight is 311 g/mol. The van der Waals surface area contributed by atoms with Crippen LogP contribution in [0.2, 0.25) is 0 Å². The number of nitrogens with two attached hydrogens (primary N) is 1. The summed E-state index contributed by atoms with van der Waals surface area (Å²) in [4.78, 5) is 23.2. The molecule has 0 heterocycles. The molecule has 0 saturated carbocycles. The van der Waals surface area contributed by atoms with Crippen LogP contribution < -0.4 is 16.4 Å². The Bertz CT molecular complexity index is 671. The van der Waals surface area contributed by atoms with Crippen molar-refractivity contribution in [2.45, 2.75) is 19.4 Å². The van der Waals surface area contributed by atoms with Crippen LogP contribution in [0.1, 0.15) is 35.3 Å². The molecule has 23 heavy (non-hydrogen) atoms. The van der Waals surface area contributed by atoms with Gasteiger partial charge in [0.25, 0.3) is 0 Å². The molecule has 5 nitrogen and oxygen atoms in total. The summed E-state index contributed by atoms with van der Waals surface area (Å²) in [5.74, 6) is -0.685. The third-order valence-corrected chi connectivity index (χ3v) is 3.55. The van der Waals surface area contributed by atoms with E-state index in [-0.39, 0.29) is 18.5 Å². The number of benzene rings is 2. The Kier molecular flexibility index (Phi) is 5.88. The number of rotatable bonds is 7. The number of carbonyl (C=O) groups is 2. The summed E-state index contributed by atoms with van der Waals surface area (Å²) in [6.45, 7) is 2.26. The van der Waals surface area contributed by atoms with Gasteiger partial charge in [0.1, 0.15) is 0 Å². The fourth-order valence-electron chi connectivity index (χ4n) is 2.35. The Morgan fingerprint density at radius 2 is 1.83 bits per heavy atom. The van der Waals surface area contributed by atoms with E-state index < -0.39 is 5.91 Å². The van der Waals surface area contributed by atoms with Gasteiger partial charge in [0.15, 0.2) is 0 Å². The number of anilines is 1. The topological polar surface area (TPSA) is 84.2 Å². The summed E-state index contributed by atoms with van der Waals surface area (Å²) in [7, 11) is 0. The van der Waals surface area contributed by atoms with Crippen LogP contribution in [0.4, 0.5) is 5.69 Å². The minimum Gasteiger partial charge on any atom is -0.366 e. The smallest absolute Gasteiger partial charge is 0.248 e. The first kappa shape index (κ1) is 16.7. The molecular formula is C18H21N3O2. The maximum Gasteiger partial charge on any atom is 0.248 e. The largest absolute Gasteiger partial charge is 0.366 e. The Labute approximate surface area is 135 Å². The average Bonchev–Trinajstić information content (AvgIpc) is 2.56. The Morgan fingerprint density at radius 3 is 2.48 bits per heavy atom. The molecule has 1 atom stereocenters. The third-order valence-electron chi connectivity index (χ3n) is 3.55. The first-order chi connectivity index (χ1) is 11.1. The monoisotopic (exact) mass is 311 g/mol. The first-order valence-electron chi connectivity index (χ1n) is 7.58. The predicted molar refractivity (Wildman–Crippen MR) is 91.1 cm³/mol. The van der Waals surface area contributed by atoms with Crippen molar-refractivity contribution in [3.8, 4) is 0 Å². The summed E-state index contributed by atoms with van der Waals surface area (Å²) < 4.78 is 0. The lowest BCUT2D eigenvalue weighted by atomic mass is 10.0. The maximum atomic E-state index is 12.1. The van der Waals surface area contributed by atoms with Crippen LogP contribution in [-0.4, -0.2) is 18.4 Å². The Balaban J connectivity index is 1.92. The summed E-state index contributed by atoms with van der Waals surface area (Å²) >= 11 is 0. The van der Waals surface area contributed by atoms with Crippen LogP contribution in [0.25, 0.3) is 0 Å². The summed E-state index contributed by atoms with van der Waals surface area (Å²) in [6.07, 6.45) is 0.883. The van der Waals surface area contributed by atoms with Gasteiger partial charge >= 0.3 is 0 Å². The van der Waals surface area contributed by atoms with E-state index in [1.165, 1.54) is 0 Å². The second kappa shape index (κ2) is 8.10. The fourth-order valence-corrected chi connectivity index (χ4v) is 2.35. The van der Waals surface area contributed by atoms with Crippen molar-refractivity contribution in [1.29, 1.82) is 0 Å². The lowest BCUT2D eigenvalue weighted by molar-refractivity contribution is -0.115. The molecule has 2 aromatic carbocycles. The van der Waals surface area contributed by atoms with Crippen LogP contribution in [-0.2, 0) is 4.79 Å². The molecule has 0 aliphatic carbocycles. The number of primary amides is 1. The zero-order valence-corrected chi connectivity index (χ0v) is 13.1.